The number of halogens is 4. The summed E-state index contributed by atoms with van der Waals surface area (Å²) < 4.78 is 45.3. The largest absolute Gasteiger partial charge is 0.444 e. The Bertz CT molecular complexity index is 1210. The predicted octanol–water partition coefficient (Wildman–Crippen LogP) is 7.19. The summed E-state index contributed by atoms with van der Waals surface area (Å²) in [5, 5.41) is 3.35. The number of hydrogen-bond donors (Lipinski definition) is 1. The highest BCUT2D eigenvalue weighted by Gasteiger charge is 2.34. The fourth-order valence-corrected chi connectivity index (χ4v) is 5.77. The first-order chi connectivity index (χ1) is 21.2. The minimum atomic E-state index is -4.39. The van der Waals surface area contributed by atoms with Gasteiger partial charge in [0.2, 0.25) is 5.91 Å². The summed E-state index contributed by atoms with van der Waals surface area (Å²) in [6.07, 6.45) is -2.04. The van der Waals surface area contributed by atoms with Crippen molar-refractivity contribution >= 4 is 23.6 Å². The number of unbranched alkanes of at least 4 members (excludes halogenated alkanes) is 1. The van der Waals surface area contributed by atoms with Crippen molar-refractivity contribution in [2.24, 2.45) is 0 Å². The number of amides is 2. The minimum absolute atomic E-state index is 0.0639. The highest BCUT2D eigenvalue weighted by Crippen LogP contribution is 2.33. The maximum Gasteiger partial charge on any atom is 0.416 e. The van der Waals surface area contributed by atoms with E-state index in [2.05, 4.69) is 29.0 Å². The Morgan fingerprint density at radius 1 is 0.933 bits per heavy atom. The average Bonchev–Trinajstić information content (AvgIpc) is 2.98. The van der Waals surface area contributed by atoms with Crippen LogP contribution in [0.25, 0.3) is 0 Å². The summed E-state index contributed by atoms with van der Waals surface area (Å²) >= 11 is 6.05. The number of carbonyl (C=O) groups excluding carboxylic acids is 2. The van der Waals surface area contributed by atoms with Gasteiger partial charge < -0.3 is 19.9 Å². The van der Waals surface area contributed by atoms with E-state index < -0.39 is 29.5 Å². The maximum atomic E-state index is 13.8. The van der Waals surface area contributed by atoms with Crippen molar-refractivity contribution in [1.82, 2.24) is 20.0 Å². The predicted molar refractivity (Wildman–Crippen MR) is 172 cm³/mol. The molecular weight excluding hydrogens is 605 g/mol. The number of benzene rings is 2. The Labute approximate surface area is 271 Å². The van der Waals surface area contributed by atoms with Gasteiger partial charge in [0.25, 0.3) is 0 Å². The molecule has 0 spiro atoms. The molecule has 0 aliphatic carbocycles. The number of nitrogens with zero attached hydrogens (tertiary/aromatic N) is 3. The van der Waals surface area contributed by atoms with Crippen LogP contribution in [0.1, 0.15) is 76.6 Å². The zero-order chi connectivity index (χ0) is 33.2. The molecule has 0 saturated carbocycles. The second kappa shape index (κ2) is 16.7. The molecule has 1 aliphatic rings. The molecule has 2 aromatic rings. The molecule has 1 saturated heterocycles. The Morgan fingerprint density at radius 3 is 2.07 bits per heavy atom. The molecule has 2 amide bonds. The molecule has 2 aromatic carbocycles. The lowest BCUT2D eigenvalue weighted by atomic mass is 9.97. The van der Waals surface area contributed by atoms with Gasteiger partial charge in [0, 0.05) is 43.7 Å². The molecular formula is C34H48ClF3N4O3. The van der Waals surface area contributed by atoms with Crippen LogP contribution >= 0.6 is 11.6 Å². The number of hydrogen-bond acceptors (Lipinski definition) is 5. The summed E-state index contributed by atoms with van der Waals surface area (Å²) in [5.74, 6) is -0.208. The van der Waals surface area contributed by atoms with Crippen LogP contribution < -0.4 is 5.32 Å². The van der Waals surface area contributed by atoms with Gasteiger partial charge >= 0.3 is 12.3 Å². The van der Waals surface area contributed by atoms with E-state index in [4.69, 9.17) is 16.3 Å². The summed E-state index contributed by atoms with van der Waals surface area (Å²) in [7, 11) is 0. The van der Waals surface area contributed by atoms with E-state index >= 15 is 0 Å². The van der Waals surface area contributed by atoms with Crippen LogP contribution in [0, 0.1) is 0 Å². The van der Waals surface area contributed by atoms with Gasteiger partial charge in [-0.15, -0.1) is 0 Å². The van der Waals surface area contributed by atoms with Gasteiger partial charge in [0.15, 0.2) is 0 Å². The maximum absolute atomic E-state index is 13.8. The quantitative estimate of drug-likeness (QED) is 0.232. The third-order valence-electron chi connectivity index (χ3n) is 8.13. The van der Waals surface area contributed by atoms with Gasteiger partial charge in [-0.2, -0.15) is 13.2 Å². The number of nitrogens with one attached hydrogen (secondary N) is 1. The van der Waals surface area contributed by atoms with E-state index in [1.165, 1.54) is 0 Å². The molecule has 3 rings (SSSR count). The second-order valence-electron chi connectivity index (χ2n) is 12.5. The van der Waals surface area contributed by atoms with Gasteiger partial charge in [-0.1, -0.05) is 56.1 Å². The Balaban J connectivity index is 1.72. The van der Waals surface area contributed by atoms with E-state index in [1.807, 2.05) is 12.1 Å². The van der Waals surface area contributed by atoms with Crippen LogP contribution in [0.15, 0.2) is 48.5 Å². The van der Waals surface area contributed by atoms with Crippen LogP contribution in [0.5, 0.6) is 0 Å². The highest BCUT2D eigenvalue weighted by molar-refractivity contribution is 6.30. The molecule has 0 bridgehead atoms. The summed E-state index contributed by atoms with van der Waals surface area (Å²) in [4.78, 5) is 32.8. The number of carbonyl (C=O) groups is 2. The van der Waals surface area contributed by atoms with Crippen LogP contribution in [0.4, 0.5) is 18.0 Å². The van der Waals surface area contributed by atoms with Crippen molar-refractivity contribution in [2.75, 3.05) is 45.8 Å². The third kappa shape index (κ3) is 11.8. The SMILES string of the molecule is CCN(CC)CCCCC(c1ccc(C(F)(F)F)cc1)N1CCN(C(=O)[C@@H](Cc2ccc(Cl)cc2)NC(=O)OC(C)(C)C)CC1. The van der Waals surface area contributed by atoms with Crippen LogP contribution in [0.3, 0.4) is 0 Å². The van der Waals surface area contributed by atoms with Crippen molar-refractivity contribution in [2.45, 2.75) is 84.2 Å². The molecule has 1 aliphatic heterocycles. The lowest BCUT2D eigenvalue weighted by Crippen LogP contribution is -2.56. The average molecular weight is 653 g/mol. The Kier molecular flexibility index (Phi) is 13.6. The van der Waals surface area contributed by atoms with E-state index in [9.17, 15) is 22.8 Å². The van der Waals surface area contributed by atoms with Crippen molar-refractivity contribution < 1.29 is 27.5 Å². The molecule has 0 radical (unpaired) electrons. The number of piperazine rings is 1. The molecule has 1 fully saturated rings. The zero-order valence-corrected chi connectivity index (χ0v) is 27.9. The molecule has 11 heteroatoms. The fourth-order valence-electron chi connectivity index (χ4n) is 5.65. The van der Waals surface area contributed by atoms with E-state index in [1.54, 1.807) is 49.9 Å². The lowest BCUT2D eigenvalue weighted by molar-refractivity contribution is -0.137. The Hall–Kier alpha value is -2.82. The lowest BCUT2D eigenvalue weighted by Gasteiger charge is -2.40. The van der Waals surface area contributed by atoms with Crippen LogP contribution in [0.2, 0.25) is 5.02 Å². The molecule has 45 heavy (non-hydrogen) atoms. The minimum Gasteiger partial charge on any atom is -0.444 e. The van der Waals surface area contributed by atoms with E-state index in [-0.39, 0.29) is 18.4 Å². The van der Waals surface area contributed by atoms with Crippen LogP contribution in [-0.2, 0) is 22.1 Å². The second-order valence-corrected chi connectivity index (χ2v) is 13.0. The highest BCUT2D eigenvalue weighted by atomic mass is 35.5. The molecule has 1 heterocycles. The summed E-state index contributed by atoms with van der Waals surface area (Å²) in [6.45, 7) is 14.5. The fraction of sp³-hybridized carbons (Fsp3) is 0.588. The number of alkyl halides is 3. The van der Waals surface area contributed by atoms with Gasteiger partial charge in [-0.05, 0) is 88.6 Å². The number of rotatable bonds is 13. The van der Waals surface area contributed by atoms with Gasteiger partial charge in [-0.25, -0.2) is 4.79 Å². The van der Waals surface area contributed by atoms with Crippen molar-refractivity contribution in [3.8, 4) is 0 Å². The van der Waals surface area contributed by atoms with Crippen molar-refractivity contribution in [3.63, 3.8) is 0 Å². The smallest absolute Gasteiger partial charge is 0.416 e. The third-order valence-corrected chi connectivity index (χ3v) is 8.38. The molecule has 0 aromatic heterocycles. The molecule has 7 nitrogen and oxygen atoms in total. The standard InChI is InChI=1S/C34H48ClF3N4O3/c1-6-40(7-2)19-9-8-10-30(26-13-15-27(16-14-26)34(36,37)38)41-20-22-42(23-21-41)31(43)29(39-32(44)45-33(3,4)5)24-25-11-17-28(35)18-12-25/h11-18,29-30H,6-10,19-24H2,1-5H3,(H,39,44)/t29-,30?/m1/s1. The normalized spacial score (nSPS) is 16.0. The van der Waals surface area contributed by atoms with Gasteiger partial charge in [0.05, 0.1) is 5.56 Å². The topological polar surface area (TPSA) is 65.1 Å². The number of alkyl carbamates (subject to hydrolysis) is 1. The molecule has 250 valence electrons. The first-order valence-electron chi connectivity index (χ1n) is 15.9. The van der Waals surface area contributed by atoms with Crippen molar-refractivity contribution in [3.05, 3.63) is 70.2 Å². The first kappa shape index (κ1) is 36.6. The monoisotopic (exact) mass is 652 g/mol. The number of ether oxygens (including phenoxy) is 1. The van der Waals surface area contributed by atoms with Crippen LogP contribution in [-0.4, -0.2) is 84.2 Å². The molecule has 1 unspecified atom stereocenters. The van der Waals surface area contributed by atoms with E-state index in [0.29, 0.717) is 31.2 Å². The summed E-state index contributed by atoms with van der Waals surface area (Å²) in [6, 6.07) is 11.7. The Morgan fingerprint density at radius 2 is 1.53 bits per heavy atom. The summed E-state index contributed by atoms with van der Waals surface area (Å²) in [5.41, 5.74) is 0.311. The van der Waals surface area contributed by atoms with Crippen molar-refractivity contribution in [1.29, 1.82) is 0 Å². The van der Waals surface area contributed by atoms with E-state index in [0.717, 1.165) is 62.2 Å². The van der Waals surface area contributed by atoms with Gasteiger partial charge in [-0.3, -0.25) is 9.69 Å². The van der Waals surface area contributed by atoms with Gasteiger partial charge in [0.1, 0.15) is 11.6 Å². The molecule has 2 atom stereocenters. The zero-order valence-electron chi connectivity index (χ0n) is 27.1. The first-order valence-corrected chi connectivity index (χ1v) is 16.2. The molecule has 1 N–H and O–H groups in total.